The molecule has 5 rings (SSSR count). The lowest BCUT2D eigenvalue weighted by Crippen LogP contribution is -2.42. The van der Waals surface area contributed by atoms with Gasteiger partial charge in [0.15, 0.2) is 0 Å². The van der Waals surface area contributed by atoms with Crippen LogP contribution in [0, 0.1) is 5.82 Å². The zero-order valence-electron chi connectivity index (χ0n) is 19.4. The molecular formula is C27H32FN5O. The molecule has 178 valence electrons. The number of amides is 1. The molecule has 0 unspecified atom stereocenters. The average Bonchev–Trinajstić information content (AvgIpc) is 3.56. The lowest BCUT2D eigenvalue weighted by atomic mass is 10.0. The maximum Gasteiger partial charge on any atom is 0.251 e. The third kappa shape index (κ3) is 5.47. The van der Waals surface area contributed by atoms with Crippen molar-refractivity contribution < 1.29 is 9.18 Å². The summed E-state index contributed by atoms with van der Waals surface area (Å²) in [7, 11) is 0. The minimum atomic E-state index is -0.263. The molecular weight excluding hydrogens is 429 g/mol. The number of nitrogens with one attached hydrogen (secondary N) is 2. The highest BCUT2D eigenvalue weighted by atomic mass is 19.1. The molecule has 0 radical (unpaired) electrons. The molecule has 34 heavy (non-hydrogen) atoms. The van der Waals surface area contributed by atoms with Crippen LogP contribution >= 0.6 is 0 Å². The molecule has 2 fully saturated rings. The van der Waals surface area contributed by atoms with E-state index in [1.54, 1.807) is 10.7 Å². The molecule has 1 amide bonds. The van der Waals surface area contributed by atoms with Crippen LogP contribution in [0.3, 0.4) is 0 Å². The predicted molar refractivity (Wildman–Crippen MR) is 132 cm³/mol. The highest BCUT2D eigenvalue weighted by molar-refractivity contribution is 5.94. The van der Waals surface area contributed by atoms with E-state index in [9.17, 15) is 9.18 Å². The molecule has 1 aliphatic heterocycles. The Bertz CT molecular complexity index is 1100. The van der Waals surface area contributed by atoms with Crippen molar-refractivity contribution in [3.63, 3.8) is 0 Å². The SMILES string of the molecule is O=C(NC1CCCC1)c1ccc(N2CCC(NCc3cnn(-c4cccc(F)c4)c3)CC2)cc1. The molecule has 1 saturated carbocycles. The number of aromatic nitrogens is 2. The summed E-state index contributed by atoms with van der Waals surface area (Å²) in [5.74, 6) is -0.219. The van der Waals surface area contributed by atoms with E-state index in [1.807, 2.05) is 30.6 Å². The molecule has 1 aliphatic carbocycles. The van der Waals surface area contributed by atoms with Gasteiger partial charge in [-0.05, 0) is 68.1 Å². The van der Waals surface area contributed by atoms with Gasteiger partial charge < -0.3 is 15.5 Å². The molecule has 1 saturated heterocycles. The van der Waals surface area contributed by atoms with Gasteiger partial charge in [-0.1, -0.05) is 18.9 Å². The Hall–Kier alpha value is -3.19. The highest BCUT2D eigenvalue weighted by Crippen LogP contribution is 2.22. The third-order valence-corrected chi connectivity index (χ3v) is 6.98. The van der Waals surface area contributed by atoms with Gasteiger partial charge in [0, 0.05) is 54.7 Å². The smallest absolute Gasteiger partial charge is 0.251 e. The number of benzene rings is 2. The van der Waals surface area contributed by atoms with Crippen LogP contribution in [-0.2, 0) is 6.54 Å². The topological polar surface area (TPSA) is 62.2 Å². The quantitative estimate of drug-likeness (QED) is 0.546. The molecule has 2 aliphatic rings. The summed E-state index contributed by atoms with van der Waals surface area (Å²) in [6, 6.07) is 15.3. The summed E-state index contributed by atoms with van der Waals surface area (Å²) in [5, 5.41) is 11.2. The Morgan fingerprint density at radius 3 is 2.47 bits per heavy atom. The number of hydrogen-bond donors (Lipinski definition) is 2. The van der Waals surface area contributed by atoms with Crippen LogP contribution in [0.4, 0.5) is 10.1 Å². The second kappa shape index (κ2) is 10.4. The van der Waals surface area contributed by atoms with Crippen LogP contribution in [-0.4, -0.2) is 40.9 Å². The monoisotopic (exact) mass is 461 g/mol. The van der Waals surface area contributed by atoms with Gasteiger partial charge in [0.1, 0.15) is 5.82 Å². The first kappa shape index (κ1) is 22.6. The average molecular weight is 462 g/mol. The van der Waals surface area contributed by atoms with Gasteiger partial charge >= 0.3 is 0 Å². The van der Waals surface area contributed by atoms with Gasteiger partial charge in [-0.2, -0.15) is 5.10 Å². The number of halogens is 1. The van der Waals surface area contributed by atoms with Crippen molar-refractivity contribution in [3.05, 3.63) is 77.9 Å². The fourth-order valence-corrected chi connectivity index (χ4v) is 4.98. The molecule has 0 spiro atoms. The van der Waals surface area contributed by atoms with Crippen molar-refractivity contribution in [2.75, 3.05) is 18.0 Å². The van der Waals surface area contributed by atoms with E-state index in [4.69, 9.17) is 0 Å². The van der Waals surface area contributed by atoms with Gasteiger partial charge in [0.05, 0.1) is 11.9 Å². The van der Waals surface area contributed by atoms with Gasteiger partial charge in [-0.15, -0.1) is 0 Å². The van der Waals surface area contributed by atoms with Gasteiger partial charge in [0.25, 0.3) is 5.91 Å². The predicted octanol–water partition coefficient (Wildman–Crippen LogP) is 4.44. The summed E-state index contributed by atoms with van der Waals surface area (Å²) < 4.78 is 15.2. The number of anilines is 1. The van der Waals surface area contributed by atoms with E-state index in [2.05, 4.69) is 32.8 Å². The lowest BCUT2D eigenvalue weighted by molar-refractivity contribution is 0.0938. The Morgan fingerprint density at radius 2 is 1.74 bits per heavy atom. The van der Waals surface area contributed by atoms with Gasteiger partial charge in [-0.3, -0.25) is 4.79 Å². The summed E-state index contributed by atoms with van der Waals surface area (Å²) in [6.45, 7) is 2.70. The first-order valence-electron chi connectivity index (χ1n) is 12.3. The lowest BCUT2D eigenvalue weighted by Gasteiger charge is -2.34. The molecule has 1 aromatic heterocycles. The molecule has 7 heteroatoms. The van der Waals surface area contributed by atoms with Crippen molar-refractivity contribution in [2.45, 2.75) is 57.2 Å². The van der Waals surface area contributed by atoms with Crippen molar-refractivity contribution >= 4 is 11.6 Å². The van der Waals surface area contributed by atoms with Crippen LogP contribution < -0.4 is 15.5 Å². The van der Waals surface area contributed by atoms with Crippen LogP contribution in [0.2, 0.25) is 0 Å². The zero-order chi connectivity index (χ0) is 23.3. The Kier molecular flexibility index (Phi) is 6.90. The van der Waals surface area contributed by atoms with Crippen molar-refractivity contribution in [1.29, 1.82) is 0 Å². The number of carbonyl (C=O) groups is 1. The third-order valence-electron chi connectivity index (χ3n) is 6.98. The summed E-state index contributed by atoms with van der Waals surface area (Å²) in [4.78, 5) is 14.8. The number of nitrogens with zero attached hydrogens (tertiary/aromatic N) is 3. The van der Waals surface area contributed by atoms with Crippen LogP contribution in [0.15, 0.2) is 60.9 Å². The summed E-state index contributed by atoms with van der Waals surface area (Å²) in [5.41, 5.74) is 3.72. The fraction of sp³-hybridized carbons (Fsp3) is 0.407. The van der Waals surface area contributed by atoms with Crippen molar-refractivity contribution in [2.24, 2.45) is 0 Å². The molecule has 0 atom stereocenters. The number of rotatable bonds is 7. The first-order valence-corrected chi connectivity index (χ1v) is 12.3. The zero-order valence-corrected chi connectivity index (χ0v) is 19.4. The first-order chi connectivity index (χ1) is 16.6. The maximum absolute atomic E-state index is 13.5. The Morgan fingerprint density at radius 1 is 0.971 bits per heavy atom. The standard InChI is InChI=1S/C27H32FN5O/c28-22-4-3-7-26(16-22)33-19-20(18-30-33)17-29-23-12-14-32(15-13-23)25-10-8-21(9-11-25)27(34)31-24-5-1-2-6-24/h3-4,7-11,16,18-19,23-24,29H,1-2,5-6,12-15,17H2,(H,31,34). The number of hydrogen-bond acceptors (Lipinski definition) is 4. The number of piperidine rings is 1. The van der Waals surface area contributed by atoms with Crippen LogP contribution in [0.5, 0.6) is 0 Å². The molecule has 2 aromatic carbocycles. The fourth-order valence-electron chi connectivity index (χ4n) is 4.98. The number of carbonyl (C=O) groups excluding carboxylic acids is 1. The van der Waals surface area contributed by atoms with E-state index in [0.717, 1.165) is 62.1 Å². The second-order valence-corrected chi connectivity index (χ2v) is 9.42. The van der Waals surface area contributed by atoms with Gasteiger partial charge in [0.2, 0.25) is 0 Å². The van der Waals surface area contributed by atoms with Crippen LogP contribution in [0.25, 0.3) is 5.69 Å². The maximum atomic E-state index is 13.5. The molecule has 6 nitrogen and oxygen atoms in total. The largest absolute Gasteiger partial charge is 0.371 e. The van der Waals surface area contributed by atoms with E-state index in [0.29, 0.717) is 12.1 Å². The Balaban J connectivity index is 1.08. The Labute approximate surface area is 200 Å². The summed E-state index contributed by atoms with van der Waals surface area (Å²) >= 11 is 0. The van der Waals surface area contributed by atoms with E-state index >= 15 is 0 Å². The van der Waals surface area contributed by atoms with Crippen molar-refractivity contribution in [3.8, 4) is 5.69 Å². The van der Waals surface area contributed by atoms with Crippen molar-refractivity contribution in [1.82, 2.24) is 20.4 Å². The minimum Gasteiger partial charge on any atom is -0.371 e. The summed E-state index contributed by atoms with van der Waals surface area (Å²) in [6.07, 6.45) is 10.5. The second-order valence-electron chi connectivity index (χ2n) is 9.42. The highest BCUT2D eigenvalue weighted by Gasteiger charge is 2.21. The molecule has 2 N–H and O–H groups in total. The van der Waals surface area contributed by atoms with Gasteiger partial charge in [-0.25, -0.2) is 9.07 Å². The van der Waals surface area contributed by atoms with E-state index < -0.39 is 0 Å². The van der Waals surface area contributed by atoms with E-state index in [-0.39, 0.29) is 11.7 Å². The minimum absolute atomic E-state index is 0.0436. The normalized spacial score (nSPS) is 17.3. The molecule has 3 aromatic rings. The van der Waals surface area contributed by atoms with Crippen LogP contribution in [0.1, 0.15) is 54.4 Å². The van der Waals surface area contributed by atoms with E-state index in [1.165, 1.54) is 30.7 Å². The molecule has 2 heterocycles. The molecule has 0 bridgehead atoms.